The number of piperidine rings is 1. The molecule has 116 valence electrons. The Labute approximate surface area is 124 Å². The number of halogens is 1. The van der Waals surface area contributed by atoms with Gasteiger partial charge in [-0.05, 0) is 31.9 Å². The highest BCUT2D eigenvalue weighted by atomic mass is 19.1. The summed E-state index contributed by atoms with van der Waals surface area (Å²) in [6, 6.07) is 6.11. The molecule has 1 heterocycles. The second kappa shape index (κ2) is 8.10. The summed E-state index contributed by atoms with van der Waals surface area (Å²) in [4.78, 5) is 13.9. The largest absolute Gasteiger partial charge is 0.379 e. The molecule has 1 aliphatic rings. The van der Waals surface area contributed by atoms with Crippen LogP contribution in [-0.2, 0) is 9.47 Å². The van der Waals surface area contributed by atoms with Gasteiger partial charge in [0.1, 0.15) is 5.82 Å². The summed E-state index contributed by atoms with van der Waals surface area (Å²) in [5, 5.41) is 0. The van der Waals surface area contributed by atoms with Crippen molar-refractivity contribution in [1.29, 1.82) is 0 Å². The molecule has 1 saturated heterocycles. The molecule has 0 atom stereocenters. The molecule has 0 aliphatic carbocycles. The molecule has 2 rings (SSSR count). The van der Waals surface area contributed by atoms with Gasteiger partial charge in [0.25, 0.3) is 5.91 Å². The lowest BCUT2D eigenvalue weighted by Crippen LogP contribution is -2.41. The lowest BCUT2D eigenvalue weighted by Gasteiger charge is -2.32. The van der Waals surface area contributed by atoms with E-state index in [0.717, 1.165) is 12.8 Å². The fraction of sp³-hybridized carbons (Fsp3) is 0.562. The Balaban J connectivity index is 1.78. The maximum absolute atomic E-state index is 13.6. The topological polar surface area (TPSA) is 38.8 Å². The van der Waals surface area contributed by atoms with Gasteiger partial charge < -0.3 is 14.4 Å². The van der Waals surface area contributed by atoms with Crippen LogP contribution in [0.15, 0.2) is 24.3 Å². The zero-order valence-corrected chi connectivity index (χ0v) is 12.4. The minimum Gasteiger partial charge on any atom is -0.379 e. The zero-order valence-electron chi connectivity index (χ0n) is 12.4. The summed E-state index contributed by atoms with van der Waals surface area (Å²) < 4.78 is 24.6. The highest BCUT2D eigenvalue weighted by molar-refractivity contribution is 5.94. The first-order valence-electron chi connectivity index (χ1n) is 7.45. The van der Waals surface area contributed by atoms with Crippen molar-refractivity contribution in [3.8, 4) is 0 Å². The molecule has 4 nitrogen and oxygen atoms in total. The number of nitrogens with zero attached hydrogens (tertiary/aromatic N) is 1. The average molecular weight is 295 g/mol. The molecule has 0 N–H and O–H groups in total. The third-order valence-electron chi connectivity index (χ3n) is 3.62. The van der Waals surface area contributed by atoms with Crippen molar-refractivity contribution in [2.24, 2.45) is 0 Å². The van der Waals surface area contributed by atoms with Crippen molar-refractivity contribution in [3.63, 3.8) is 0 Å². The van der Waals surface area contributed by atoms with E-state index in [1.54, 1.807) is 17.0 Å². The molecule has 1 amide bonds. The highest BCUT2D eigenvalue weighted by Gasteiger charge is 2.25. The Kier molecular flexibility index (Phi) is 6.14. The summed E-state index contributed by atoms with van der Waals surface area (Å²) in [7, 11) is 0. The number of amides is 1. The molecule has 1 fully saturated rings. The van der Waals surface area contributed by atoms with Crippen LogP contribution in [0.2, 0.25) is 0 Å². The summed E-state index contributed by atoms with van der Waals surface area (Å²) in [6.45, 7) is 5.04. The normalized spacial score (nSPS) is 16.2. The molecule has 5 heteroatoms. The van der Waals surface area contributed by atoms with E-state index >= 15 is 0 Å². The predicted molar refractivity (Wildman–Crippen MR) is 77.8 cm³/mol. The van der Waals surface area contributed by atoms with E-state index in [0.29, 0.717) is 32.9 Å². The Bertz CT molecular complexity index is 459. The van der Waals surface area contributed by atoms with Gasteiger partial charge >= 0.3 is 0 Å². The predicted octanol–water partition coefficient (Wildman–Crippen LogP) is 2.48. The van der Waals surface area contributed by atoms with Gasteiger partial charge in [0, 0.05) is 19.7 Å². The van der Waals surface area contributed by atoms with E-state index in [2.05, 4.69) is 0 Å². The molecule has 0 saturated carbocycles. The van der Waals surface area contributed by atoms with Crippen LogP contribution in [0, 0.1) is 5.82 Å². The molecule has 0 spiro atoms. The molecular formula is C16H22FNO3. The van der Waals surface area contributed by atoms with Crippen LogP contribution in [0.3, 0.4) is 0 Å². The lowest BCUT2D eigenvalue weighted by molar-refractivity contribution is -0.0183. The smallest absolute Gasteiger partial charge is 0.256 e. The van der Waals surface area contributed by atoms with Crippen LogP contribution in [0.4, 0.5) is 4.39 Å². The van der Waals surface area contributed by atoms with Crippen molar-refractivity contribution in [2.75, 3.05) is 32.9 Å². The van der Waals surface area contributed by atoms with Crippen LogP contribution >= 0.6 is 0 Å². The highest BCUT2D eigenvalue weighted by Crippen LogP contribution is 2.17. The molecule has 1 aromatic carbocycles. The zero-order chi connectivity index (χ0) is 15.1. The van der Waals surface area contributed by atoms with Gasteiger partial charge in [-0.15, -0.1) is 0 Å². The molecular weight excluding hydrogens is 273 g/mol. The summed E-state index contributed by atoms with van der Waals surface area (Å²) >= 11 is 0. The number of hydrogen-bond donors (Lipinski definition) is 0. The summed E-state index contributed by atoms with van der Waals surface area (Å²) in [6.07, 6.45) is 1.73. The monoisotopic (exact) mass is 295 g/mol. The number of ether oxygens (including phenoxy) is 2. The van der Waals surface area contributed by atoms with Crippen LogP contribution in [0.5, 0.6) is 0 Å². The quantitative estimate of drug-likeness (QED) is 0.757. The van der Waals surface area contributed by atoms with E-state index < -0.39 is 5.82 Å². The second-order valence-electron chi connectivity index (χ2n) is 5.04. The van der Waals surface area contributed by atoms with Crippen molar-refractivity contribution in [2.45, 2.75) is 25.9 Å². The third kappa shape index (κ3) is 4.51. The fourth-order valence-electron chi connectivity index (χ4n) is 2.45. The number of likely N-dealkylation sites (tertiary alicyclic amines) is 1. The number of carbonyl (C=O) groups is 1. The molecule has 0 radical (unpaired) electrons. The van der Waals surface area contributed by atoms with Gasteiger partial charge in [-0.25, -0.2) is 4.39 Å². The lowest BCUT2D eigenvalue weighted by atomic mass is 10.1. The second-order valence-corrected chi connectivity index (χ2v) is 5.04. The van der Waals surface area contributed by atoms with Gasteiger partial charge in [-0.3, -0.25) is 4.79 Å². The minimum absolute atomic E-state index is 0.146. The molecule has 0 unspecified atom stereocenters. The first-order chi connectivity index (χ1) is 10.2. The first kappa shape index (κ1) is 15.9. The van der Waals surface area contributed by atoms with Crippen molar-refractivity contribution >= 4 is 5.91 Å². The standard InChI is InChI=1S/C16H22FNO3/c1-2-20-11-12-21-13-7-9-18(10-8-13)16(19)14-5-3-4-6-15(14)17/h3-6,13H,2,7-12H2,1H3. The SMILES string of the molecule is CCOCCOC1CCN(C(=O)c2ccccc2F)CC1. The molecule has 21 heavy (non-hydrogen) atoms. The van der Waals surface area contributed by atoms with Crippen molar-refractivity contribution in [1.82, 2.24) is 4.90 Å². The van der Waals surface area contributed by atoms with Crippen LogP contribution in [-0.4, -0.2) is 49.8 Å². The molecule has 0 aromatic heterocycles. The number of rotatable bonds is 6. The van der Waals surface area contributed by atoms with Gasteiger partial charge in [0.2, 0.25) is 0 Å². The number of carbonyl (C=O) groups excluding carboxylic acids is 1. The molecule has 0 bridgehead atoms. The Hall–Kier alpha value is -1.46. The van der Waals surface area contributed by atoms with E-state index in [1.807, 2.05) is 6.92 Å². The van der Waals surface area contributed by atoms with Crippen LogP contribution < -0.4 is 0 Å². The Morgan fingerprint density at radius 2 is 2.00 bits per heavy atom. The Morgan fingerprint density at radius 1 is 1.29 bits per heavy atom. The minimum atomic E-state index is -0.461. The van der Waals surface area contributed by atoms with Gasteiger partial charge in [-0.1, -0.05) is 12.1 Å². The van der Waals surface area contributed by atoms with Crippen molar-refractivity contribution in [3.05, 3.63) is 35.6 Å². The van der Waals surface area contributed by atoms with Gasteiger partial charge in [0.05, 0.1) is 24.9 Å². The molecule has 1 aromatic rings. The maximum atomic E-state index is 13.6. The first-order valence-corrected chi connectivity index (χ1v) is 7.45. The number of hydrogen-bond acceptors (Lipinski definition) is 3. The molecule has 1 aliphatic heterocycles. The van der Waals surface area contributed by atoms with Crippen LogP contribution in [0.1, 0.15) is 30.1 Å². The summed E-state index contributed by atoms with van der Waals surface area (Å²) in [5.74, 6) is -0.696. The van der Waals surface area contributed by atoms with E-state index in [4.69, 9.17) is 9.47 Å². The summed E-state index contributed by atoms with van der Waals surface area (Å²) in [5.41, 5.74) is 0.146. The van der Waals surface area contributed by atoms with Crippen LogP contribution in [0.25, 0.3) is 0 Å². The number of benzene rings is 1. The fourth-order valence-corrected chi connectivity index (χ4v) is 2.45. The van der Waals surface area contributed by atoms with E-state index in [1.165, 1.54) is 12.1 Å². The maximum Gasteiger partial charge on any atom is 0.256 e. The van der Waals surface area contributed by atoms with Crippen molar-refractivity contribution < 1.29 is 18.7 Å². The Morgan fingerprint density at radius 3 is 2.67 bits per heavy atom. The third-order valence-corrected chi connectivity index (χ3v) is 3.62. The van der Waals surface area contributed by atoms with Gasteiger partial charge in [-0.2, -0.15) is 0 Å². The average Bonchev–Trinajstić information content (AvgIpc) is 2.52. The van der Waals surface area contributed by atoms with E-state index in [-0.39, 0.29) is 17.6 Å². The van der Waals surface area contributed by atoms with Gasteiger partial charge in [0.15, 0.2) is 0 Å². The van der Waals surface area contributed by atoms with E-state index in [9.17, 15) is 9.18 Å².